The Morgan fingerprint density at radius 2 is 2.28 bits per heavy atom. The van der Waals surface area contributed by atoms with Crippen LogP contribution in [0.3, 0.4) is 0 Å². The predicted molar refractivity (Wildman–Crippen MR) is 81.2 cm³/mol. The number of hydrogen-bond donors (Lipinski definition) is 1. The van der Waals surface area contributed by atoms with E-state index in [0.717, 1.165) is 29.1 Å². The van der Waals surface area contributed by atoms with E-state index < -0.39 is 0 Å². The molecule has 0 aliphatic carbocycles. The third-order valence-corrected chi connectivity index (χ3v) is 4.61. The van der Waals surface area contributed by atoms with Crippen LogP contribution >= 0.6 is 27.5 Å². The third-order valence-electron chi connectivity index (χ3n) is 3.78. The van der Waals surface area contributed by atoms with Crippen LogP contribution in [0.1, 0.15) is 24.9 Å². The van der Waals surface area contributed by atoms with Gasteiger partial charge in [0.25, 0.3) is 0 Å². The highest BCUT2D eigenvalue weighted by Gasteiger charge is 2.34. The Balaban J connectivity index is 2.33. The van der Waals surface area contributed by atoms with Gasteiger partial charge in [-0.1, -0.05) is 34.5 Å². The van der Waals surface area contributed by atoms with Gasteiger partial charge >= 0.3 is 0 Å². The van der Waals surface area contributed by atoms with Gasteiger partial charge in [0, 0.05) is 15.5 Å². The van der Waals surface area contributed by atoms with E-state index in [1.165, 1.54) is 12.0 Å². The maximum absolute atomic E-state index is 6.40. The number of benzene rings is 1. The highest BCUT2D eigenvalue weighted by Crippen LogP contribution is 2.40. The van der Waals surface area contributed by atoms with E-state index in [2.05, 4.69) is 39.1 Å². The minimum absolute atomic E-state index is 0.437. The molecule has 0 spiro atoms. The van der Waals surface area contributed by atoms with Crippen molar-refractivity contribution < 1.29 is 0 Å². The van der Waals surface area contributed by atoms with Crippen molar-refractivity contribution in [3.05, 3.63) is 33.3 Å². The molecule has 100 valence electrons. The quantitative estimate of drug-likeness (QED) is 0.905. The van der Waals surface area contributed by atoms with Gasteiger partial charge in [0.15, 0.2) is 0 Å². The topological polar surface area (TPSA) is 15.3 Å². The summed E-state index contributed by atoms with van der Waals surface area (Å²) in [5, 5.41) is 4.19. The fourth-order valence-corrected chi connectivity index (χ4v) is 3.56. The first kappa shape index (κ1) is 14.3. The average Bonchev–Trinajstić information content (AvgIpc) is 2.75. The Hall–Kier alpha value is -0.0900. The molecule has 1 aliphatic rings. The molecule has 0 amide bonds. The Bertz CT molecular complexity index is 411. The number of hydrogen-bond acceptors (Lipinski definition) is 2. The summed E-state index contributed by atoms with van der Waals surface area (Å²) in [5.74, 6) is 0.641. The van der Waals surface area contributed by atoms with Gasteiger partial charge in [0.2, 0.25) is 0 Å². The summed E-state index contributed by atoms with van der Waals surface area (Å²) in [6.07, 6.45) is 1.24. The van der Waals surface area contributed by atoms with Gasteiger partial charge < -0.3 is 5.32 Å². The first-order chi connectivity index (χ1) is 8.67. The van der Waals surface area contributed by atoms with Crippen LogP contribution in [0.25, 0.3) is 0 Å². The van der Waals surface area contributed by atoms with Crippen LogP contribution in [0.15, 0.2) is 22.7 Å². The summed E-state index contributed by atoms with van der Waals surface area (Å²) >= 11 is 9.95. The van der Waals surface area contributed by atoms with Crippen molar-refractivity contribution in [1.29, 1.82) is 0 Å². The van der Waals surface area contributed by atoms with E-state index in [9.17, 15) is 0 Å². The highest BCUT2D eigenvalue weighted by atomic mass is 79.9. The smallest absolute Gasteiger partial charge is 0.0454 e. The summed E-state index contributed by atoms with van der Waals surface area (Å²) in [6.45, 7) is 5.51. The van der Waals surface area contributed by atoms with Gasteiger partial charge in [-0.15, -0.1) is 0 Å². The monoisotopic (exact) mass is 330 g/mol. The molecule has 1 saturated heterocycles. The molecule has 1 aliphatic heterocycles. The second-order valence-electron chi connectivity index (χ2n) is 4.85. The van der Waals surface area contributed by atoms with Crippen LogP contribution in [0, 0.1) is 5.92 Å². The summed E-state index contributed by atoms with van der Waals surface area (Å²) < 4.78 is 1.10. The molecule has 0 saturated carbocycles. The molecular formula is C14H20BrClN2. The molecule has 2 atom stereocenters. The zero-order valence-corrected chi connectivity index (χ0v) is 13.3. The lowest BCUT2D eigenvalue weighted by atomic mass is 9.93. The molecular weight excluding hydrogens is 312 g/mol. The fourth-order valence-electron chi connectivity index (χ4n) is 2.95. The minimum atomic E-state index is 0.437. The van der Waals surface area contributed by atoms with Gasteiger partial charge in [0.1, 0.15) is 0 Å². The molecule has 2 unspecified atom stereocenters. The maximum Gasteiger partial charge on any atom is 0.0454 e. The summed E-state index contributed by atoms with van der Waals surface area (Å²) in [4.78, 5) is 2.52. The van der Waals surface area contributed by atoms with Crippen molar-refractivity contribution in [2.24, 2.45) is 5.92 Å². The highest BCUT2D eigenvalue weighted by molar-refractivity contribution is 9.10. The zero-order valence-electron chi connectivity index (χ0n) is 10.9. The predicted octanol–water partition coefficient (Wildman–Crippen LogP) is 3.70. The number of likely N-dealkylation sites (tertiary alicyclic amines) is 1. The van der Waals surface area contributed by atoms with Gasteiger partial charge in [-0.05, 0) is 62.8 Å². The largest absolute Gasteiger partial charge is 0.319 e. The van der Waals surface area contributed by atoms with Crippen LogP contribution in [-0.4, -0.2) is 31.6 Å². The van der Waals surface area contributed by atoms with Crippen LogP contribution in [0.2, 0.25) is 5.02 Å². The van der Waals surface area contributed by atoms with E-state index >= 15 is 0 Å². The normalized spacial score (nSPS) is 24.7. The molecule has 1 aromatic rings. The summed E-state index contributed by atoms with van der Waals surface area (Å²) in [7, 11) is 2.02. The molecule has 0 aromatic heterocycles. The number of nitrogens with zero attached hydrogens (tertiary/aromatic N) is 1. The second-order valence-corrected chi connectivity index (χ2v) is 6.17. The molecule has 0 bridgehead atoms. The second kappa shape index (κ2) is 6.38. The van der Waals surface area contributed by atoms with E-state index in [4.69, 9.17) is 11.6 Å². The van der Waals surface area contributed by atoms with Crippen molar-refractivity contribution in [2.45, 2.75) is 19.4 Å². The number of halogens is 2. The average molecular weight is 332 g/mol. The molecule has 4 heteroatoms. The van der Waals surface area contributed by atoms with Crippen molar-refractivity contribution in [2.75, 3.05) is 26.7 Å². The molecule has 2 nitrogen and oxygen atoms in total. The van der Waals surface area contributed by atoms with Crippen LogP contribution < -0.4 is 5.32 Å². The third kappa shape index (κ3) is 2.90. The lowest BCUT2D eigenvalue weighted by Crippen LogP contribution is -2.29. The van der Waals surface area contributed by atoms with Gasteiger partial charge in [-0.3, -0.25) is 4.90 Å². The lowest BCUT2D eigenvalue weighted by Gasteiger charge is -2.28. The SMILES string of the molecule is CCN1CCC(CNC)C1c1cc(Br)ccc1Cl. The molecule has 1 fully saturated rings. The van der Waals surface area contributed by atoms with Gasteiger partial charge in [-0.25, -0.2) is 0 Å². The molecule has 1 heterocycles. The zero-order chi connectivity index (χ0) is 13.1. The van der Waals surface area contributed by atoms with Crippen LogP contribution in [0.5, 0.6) is 0 Å². The van der Waals surface area contributed by atoms with Gasteiger partial charge in [0.05, 0.1) is 0 Å². The van der Waals surface area contributed by atoms with E-state index in [0.29, 0.717) is 12.0 Å². The molecule has 2 rings (SSSR count). The van der Waals surface area contributed by atoms with Crippen molar-refractivity contribution in [3.63, 3.8) is 0 Å². The standard InChI is InChI=1S/C14H20BrClN2/c1-3-18-7-6-10(9-17-2)14(18)12-8-11(15)4-5-13(12)16/h4-5,8,10,14,17H,3,6-7,9H2,1-2H3. The number of rotatable bonds is 4. The molecule has 0 radical (unpaired) electrons. The Morgan fingerprint density at radius 3 is 2.94 bits per heavy atom. The van der Waals surface area contributed by atoms with Gasteiger partial charge in [-0.2, -0.15) is 0 Å². The summed E-state index contributed by atoms with van der Waals surface area (Å²) in [6, 6.07) is 6.60. The Kier molecular flexibility index (Phi) is 5.07. The Labute approximate surface area is 123 Å². The lowest BCUT2D eigenvalue weighted by molar-refractivity contribution is 0.238. The maximum atomic E-state index is 6.40. The van der Waals surface area contributed by atoms with Crippen molar-refractivity contribution >= 4 is 27.5 Å². The van der Waals surface area contributed by atoms with Crippen LogP contribution in [0.4, 0.5) is 0 Å². The minimum Gasteiger partial charge on any atom is -0.319 e. The van der Waals surface area contributed by atoms with Crippen molar-refractivity contribution in [3.8, 4) is 0 Å². The van der Waals surface area contributed by atoms with Crippen molar-refractivity contribution in [1.82, 2.24) is 10.2 Å². The Morgan fingerprint density at radius 1 is 1.50 bits per heavy atom. The van der Waals surface area contributed by atoms with Crippen LogP contribution in [-0.2, 0) is 0 Å². The first-order valence-electron chi connectivity index (χ1n) is 6.51. The first-order valence-corrected chi connectivity index (χ1v) is 7.68. The molecule has 1 N–H and O–H groups in total. The molecule has 1 aromatic carbocycles. The summed E-state index contributed by atoms with van der Waals surface area (Å²) in [5.41, 5.74) is 1.26. The van der Waals surface area contributed by atoms with E-state index in [-0.39, 0.29) is 0 Å². The van der Waals surface area contributed by atoms with E-state index in [1.54, 1.807) is 0 Å². The fraction of sp³-hybridized carbons (Fsp3) is 0.571. The molecule has 18 heavy (non-hydrogen) atoms. The van der Waals surface area contributed by atoms with E-state index in [1.807, 2.05) is 19.2 Å². The number of nitrogens with one attached hydrogen (secondary N) is 1.